The predicted octanol–water partition coefficient (Wildman–Crippen LogP) is 4.32. The SMILES string of the molecule is CC(C)CN(CCC(=O)NC(C)c1ccccc1)C(=O)C1CCCCC1. The number of benzene rings is 1. The third-order valence-corrected chi connectivity index (χ3v) is 5.14. The molecule has 0 heterocycles. The van der Waals surface area contributed by atoms with Crippen molar-refractivity contribution in [1.82, 2.24) is 10.2 Å². The van der Waals surface area contributed by atoms with Crippen LogP contribution in [0.2, 0.25) is 0 Å². The Labute approximate surface area is 158 Å². The Bertz CT molecular complexity index is 565. The van der Waals surface area contributed by atoms with Gasteiger partial charge in [-0.2, -0.15) is 0 Å². The molecule has 0 aromatic heterocycles. The summed E-state index contributed by atoms with van der Waals surface area (Å²) < 4.78 is 0. The van der Waals surface area contributed by atoms with Crippen LogP contribution in [-0.4, -0.2) is 29.8 Å². The summed E-state index contributed by atoms with van der Waals surface area (Å²) in [5, 5.41) is 3.05. The van der Waals surface area contributed by atoms with E-state index in [0.29, 0.717) is 18.9 Å². The fourth-order valence-electron chi connectivity index (χ4n) is 3.72. The number of nitrogens with zero attached hydrogens (tertiary/aromatic N) is 1. The van der Waals surface area contributed by atoms with Gasteiger partial charge in [-0.15, -0.1) is 0 Å². The largest absolute Gasteiger partial charge is 0.350 e. The van der Waals surface area contributed by atoms with Gasteiger partial charge in [0.2, 0.25) is 11.8 Å². The van der Waals surface area contributed by atoms with E-state index in [1.807, 2.05) is 42.2 Å². The van der Waals surface area contributed by atoms with Crippen LogP contribution in [0.15, 0.2) is 30.3 Å². The first kappa shape index (κ1) is 20.5. The lowest BCUT2D eigenvalue weighted by Crippen LogP contribution is -2.41. The summed E-state index contributed by atoms with van der Waals surface area (Å²) in [6, 6.07) is 9.94. The van der Waals surface area contributed by atoms with E-state index in [9.17, 15) is 9.59 Å². The number of hydrogen-bond donors (Lipinski definition) is 1. The molecule has 1 N–H and O–H groups in total. The maximum Gasteiger partial charge on any atom is 0.225 e. The molecule has 0 aliphatic heterocycles. The molecule has 1 atom stereocenters. The zero-order valence-corrected chi connectivity index (χ0v) is 16.5. The van der Waals surface area contributed by atoms with E-state index in [0.717, 1.165) is 37.8 Å². The highest BCUT2D eigenvalue weighted by Gasteiger charge is 2.26. The second-order valence-electron chi connectivity index (χ2n) is 7.96. The summed E-state index contributed by atoms with van der Waals surface area (Å²) in [5.74, 6) is 0.830. The molecular weight excluding hydrogens is 324 g/mol. The molecule has 4 heteroatoms. The highest BCUT2D eigenvalue weighted by molar-refractivity contribution is 5.81. The number of nitrogens with one attached hydrogen (secondary N) is 1. The molecule has 144 valence electrons. The average molecular weight is 359 g/mol. The quantitative estimate of drug-likeness (QED) is 0.752. The minimum Gasteiger partial charge on any atom is -0.350 e. The molecule has 1 fully saturated rings. The molecule has 4 nitrogen and oxygen atoms in total. The molecule has 2 amide bonds. The van der Waals surface area contributed by atoms with Crippen molar-refractivity contribution in [3.63, 3.8) is 0 Å². The Hall–Kier alpha value is -1.84. The molecule has 1 unspecified atom stereocenters. The van der Waals surface area contributed by atoms with Gasteiger partial charge >= 0.3 is 0 Å². The van der Waals surface area contributed by atoms with Gasteiger partial charge in [-0.05, 0) is 31.2 Å². The third kappa shape index (κ3) is 6.47. The second kappa shape index (κ2) is 10.3. The molecule has 1 aliphatic rings. The fraction of sp³-hybridized carbons (Fsp3) is 0.636. The molecule has 0 saturated heterocycles. The maximum atomic E-state index is 12.9. The number of carbonyl (C=O) groups excluding carboxylic acids is 2. The first-order valence-electron chi connectivity index (χ1n) is 10.1. The van der Waals surface area contributed by atoms with E-state index in [4.69, 9.17) is 0 Å². The van der Waals surface area contributed by atoms with Gasteiger partial charge in [0.15, 0.2) is 0 Å². The van der Waals surface area contributed by atoms with Crippen LogP contribution in [-0.2, 0) is 9.59 Å². The molecule has 2 rings (SSSR count). The average Bonchev–Trinajstić information content (AvgIpc) is 2.65. The maximum absolute atomic E-state index is 12.9. The van der Waals surface area contributed by atoms with E-state index in [1.165, 1.54) is 6.42 Å². The zero-order valence-electron chi connectivity index (χ0n) is 16.5. The zero-order chi connectivity index (χ0) is 18.9. The number of hydrogen-bond acceptors (Lipinski definition) is 2. The van der Waals surface area contributed by atoms with Crippen LogP contribution in [0, 0.1) is 11.8 Å². The number of rotatable bonds is 8. The molecule has 0 spiro atoms. The summed E-state index contributed by atoms with van der Waals surface area (Å²) in [7, 11) is 0. The Kier molecular flexibility index (Phi) is 8.14. The number of carbonyl (C=O) groups is 2. The van der Waals surface area contributed by atoms with E-state index in [1.54, 1.807) is 0 Å². The van der Waals surface area contributed by atoms with Gasteiger partial charge in [-0.25, -0.2) is 0 Å². The molecule has 26 heavy (non-hydrogen) atoms. The summed E-state index contributed by atoms with van der Waals surface area (Å²) >= 11 is 0. The fourth-order valence-corrected chi connectivity index (χ4v) is 3.72. The lowest BCUT2D eigenvalue weighted by Gasteiger charge is -2.30. The lowest BCUT2D eigenvalue weighted by molar-refractivity contribution is -0.137. The smallest absolute Gasteiger partial charge is 0.225 e. The van der Waals surface area contributed by atoms with Gasteiger partial charge in [-0.1, -0.05) is 63.4 Å². The Balaban J connectivity index is 1.87. The predicted molar refractivity (Wildman–Crippen MR) is 106 cm³/mol. The van der Waals surface area contributed by atoms with Crippen LogP contribution in [0.5, 0.6) is 0 Å². The Morgan fingerprint density at radius 2 is 1.73 bits per heavy atom. The molecular formula is C22H34N2O2. The van der Waals surface area contributed by atoms with E-state index in [-0.39, 0.29) is 23.8 Å². The molecule has 1 aliphatic carbocycles. The lowest BCUT2D eigenvalue weighted by atomic mass is 9.88. The van der Waals surface area contributed by atoms with Gasteiger partial charge in [0, 0.05) is 25.4 Å². The standard InChI is InChI=1S/C22H34N2O2/c1-17(2)16-24(22(26)20-12-8-5-9-13-20)15-14-21(25)23-18(3)19-10-6-4-7-11-19/h4,6-7,10-11,17-18,20H,5,8-9,12-16H2,1-3H3,(H,23,25). The van der Waals surface area contributed by atoms with Gasteiger partial charge < -0.3 is 10.2 Å². The second-order valence-corrected chi connectivity index (χ2v) is 7.96. The number of amides is 2. The summed E-state index contributed by atoms with van der Waals surface area (Å²) in [4.78, 5) is 27.2. The molecule has 1 saturated carbocycles. The van der Waals surface area contributed by atoms with E-state index in [2.05, 4.69) is 19.2 Å². The van der Waals surface area contributed by atoms with Gasteiger partial charge in [0.25, 0.3) is 0 Å². The molecule has 1 aromatic rings. The molecule has 1 aromatic carbocycles. The van der Waals surface area contributed by atoms with Gasteiger partial charge in [0.1, 0.15) is 0 Å². The highest BCUT2D eigenvalue weighted by Crippen LogP contribution is 2.26. The monoisotopic (exact) mass is 358 g/mol. The Morgan fingerprint density at radius 3 is 2.35 bits per heavy atom. The topological polar surface area (TPSA) is 49.4 Å². The minimum atomic E-state index is -0.0173. The van der Waals surface area contributed by atoms with Crippen molar-refractivity contribution >= 4 is 11.8 Å². The summed E-state index contributed by atoms with van der Waals surface area (Å²) in [5.41, 5.74) is 1.10. The van der Waals surface area contributed by atoms with Crippen LogP contribution in [0.25, 0.3) is 0 Å². The molecule has 0 radical (unpaired) electrons. The Morgan fingerprint density at radius 1 is 1.08 bits per heavy atom. The van der Waals surface area contributed by atoms with Crippen molar-refractivity contribution in [3.05, 3.63) is 35.9 Å². The highest BCUT2D eigenvalue weighted by atomic mass is 16.2. The van der Waals surface area contributed by atoms with Crippen molar-refractivity contribution in [3.8, 4) is 0 Å². The molecule has 0 bridgehead atoms. The first-order chi connectivity index (χ1) is 12.5. The van der Waals surface area contributed by atoms with Crippen molar-refractivity contribution in [1.29, 1.82) is 0 Å². The van der Waals surface area contributed by atoms with Gasteiger partial charge in [0.05, 0.1) is 6.04 Å². The van der Waals surface area contributed by atoms with E-state index < -0.39 is 0 Å². The van der Waals surface area contributed by atoms with Crippen LogP contribution in [0.3, 0.4) is 0 Å². The van der Waals surface area contributed by atoms with Crippen molar-refractivity contribution in [2.75, 3.05) is 13.1 Å². The third-order valence-electron chi connectivity index (χ3n) is 5.14. The van der Waals surface area contributed by atoms with Crippen LogP contribution >= 0.6 is 0 Å². The van der Waals surface area contributed by atoms with Crippen molar-refractivity contribution in [2.24, 2.45) is 11.8 Å². The summed E-state index contributed by atoms with van der Waals surface area (Å²) in [6.07, 6.45) is 5.92. The van der Waals surface area contributed by atoms with Gasteiger partial charge in [-0.3, -0.25) is 9.59 Å². The van der Waals surface area contributed by atoms with Crippen LogP contribution in [0.4, 0.5) is 0 Å². The normalized spacial score (nSPS) is 16.3. The first-order valence-corrected chi connectivity index (χ1v) is 10.1. The van der Waals surface area contributed by atoms with Crippen LogP contribution in [0.1, 0.15) is 70.9 Å². The summed E-state index contributed by atoms with van der Waals surface area (Å²) in [6.45, 7) is 7.49. The van der Waals surface area contributed by atoms with Crippen molar-refractivity contribution in [2.45, 2.75) is 65.3 Å². The van der Waals surface area contributed by atoms with Crippen LogP contribution < -0.4 is 5.32 Å². The van der Waals surface area contributed by atoms with Crippen molar-refractivity contribution < 1.29 is 9.59 Å². The van der Waals surface area contributed by atoms with E-state index >= 15 is 0 Å². The minimum absolute atomic E-state index is 0.00607.